The average Bonchev–Trinajstić information content (AvgIpc) is 2.52. The van der Waals surface area contributed by atoms with Crippen LogP contribution >= 0.6 is 11.6 Å². The van der Waals surface area contributed by atoms with Crippen LogP contribution in [0.2, 0.25) is 5.02 Å². The van der Waals surface area contributed by atoms with Crippen LogP contribution in [0.15, 0.2) is 48.5 Å². The third-order valence-corrected chi connectivity index (χ3v) is 3.38. The van der Waals surface area contributed by atoms with Crippen molar-refractivity contribution >= 4 is 17.5 Å². The first-order valence-corrected chi connectivity index (χ1v) is 7.34. The summed E-state index contributed by atoms with van der Waals surface area (Å²) in [7, 11) is 0. The molecule has 1 unspecified atom stereocenters. The lowest BCUT2D eigenvalue weighted by Gasteiger charge is -2.14. The largest absolute Gasteiger partial charge is 0.491 e. The minimum atomic E-state index is -0.782. The van der Waals surface area contributed by atoms with Crippen molar-refractivity contribution in [3.63, 3.8) is 0 Å². The Morgan fingerprint density at radius 2 is 1.91 bits per heavy atom. The first kappa shape index (κ1) is 16.3. The summed E-state index contributed by atoms with van der Waals surface area (Å²) in [6, 6.07) is 14.1. The van der Waals surface area contributed by atoms with E-state index >= 15 is 0 Å². The van der Waals surface area contributed by atoms with Crippen LogP contribution < -0.4 is 10.1 Å². The molecular formula is C17H18ClNO3. The lowest BCUT2D eigenvalue weighted by atomic mass is 10.2. The molecule has 0 fully saturated rings. The van der Waals surface area contributed by atoms with Crippen LogP contribution in [0.1, 0.15) is 15.9 Å². The van der Waals surface area contributed by atoms with Gasteiger partial charge in [0, 0.05) is 17.1 Å². The standard InChI is InChI=1S/C17H18ClNO3/c1-12-4-2-3-5-16(12)22-11-15(20)10-19-17(21)13-6-8-14(18)9-7-13/h2-9,15,20H,10-11H2,1H3,(H,19,21). The number of aryl methyl sites for hydroxylation is 1. The second kappa shape index (κ2) is 7.82. The highest BCUT2D eigenvalue weighted by Crippen LogP contribution is 2.16. The predicted molar refractivity (Wildman–Crippen MR) is 86.5 cm³/mol. The van der Waals surface area contributed by atoms with E-state index in [1.165, 1.54) is 0 Å². The van der Waals surface area contributed by atoms with Gasteiger partial charge in [0.2, 0.25) is 0 Å². The van der Waals surface area contributed by atoms with E-state index in [4.69, 9.17) is 16.3 Å². The molecule has 2 aromatic carbocycles. The van der Waals surface area contributed by atoms with Gasteiger partial charge in [-0.05, 0) is 42.8 Å². The Bertz CT molecular complexity index is 628. The second-order valence-corrected chi connectivity index (χ2v) is 5.38. The Balaban J connectivity index is 1.78. The highest BCUT2D eigenvalue weighted by molar-refractivity contribution is 6.30. The molecule has 22 heavy (non-hydrogen) atoms. The van der Waals surface area contributed by atoms with Gasteiger partial charge in [-0.2, -0.15) is 0 Å². The molecule has 0 heterocycles. The van der Waals surface area contributed by atoms with E-state index in [0.717, 1.165) is 11.3 Å². The normalized spacial score (nSPS) is 11.8. The summed E-state index contributed by atoms with van der Waals surface area (Å²) >= 11 is 5.77. The average molecular weight is 320 g/mol. The third kappa shape index (κ3) is 4.76. The summed E-state index contributed by atoms with van der Waals surface area (Å²) in [6.45, 7) is 2.17. The van der Waals surface area contributed by atoms with Crippen molar-refractivity contribution in [2.45, 2.75) is 13.0 Å². The van der Waals surface area contributed by atoms with Gasteiger partial charge < -0.3 is 15.2 Å². The molecule has 2 rings (SSSR count). The molecule has 0 aliphatic heterocycles. The van der Waals surface area contributed by atoms with Crippen LogP contribution in [-0.4, -0.2) is 30.3 Å². The maximum atomic E-state index is 11.9. The summed E-state index contributed by atoms with van der Waals surface area (Å²) in [4.78, 5) is 11.9. The van der Waals surface area contributed by atoms with Gasteiger partial charge in [-0.3, -0.25) is 4.79 Å². The third-order valence-electron chi connectivity index (χ3n) is 3.13. The summed E-state index contributed by atoms with van der Waals surface area (Å²) in [5.74, 6) is 0.470. The highest BCUT2D eigenvalue weighted by Gasteiger charge is 2.10. The van der Waals surface area contributed by atoms with E-state index < -0.39 is 6.10 Å². The zero-order valence-electron chi connectivity index (χ0n) is 12.3. The molecule has 5 heteroatoms. The number of rotatable bonds is 6. The van der Waals surface area contributed by atoms with E-state index in [2.05, 4.69) is 5.32 Å². The second-order valence-electron chi connectivity index (χ2n) is 4.95. The number of aliphatic hydroxyl groups is 1. The molecule has 4 nitrogen and oxygen atoms in total. The van der Waals surface area contributed by atoms with E-state index in [1.54, 1.807) is 24.3 Å². The van der Waals surface area contributed by atoms with Crippen LogP contribution in [0.4, 0.5) is 0 Å². The summed E-state index contributed by atoms with van der Waals surface area (Å²) < 4.78 is 5.53. The monoisotopic (exact) mass is 319 g/mol. The Kier molecular flexibility index (Phi) is 5.81. The molecule has 1 atom stereocenters. The minimum Gasteiger partial charge on any atom is -0.491 e. The number of aliphatic hydroxyl groups excluding tert-OH is 1. The fourth-order valence-electron chi connectivity index (χ4n) is 1.88. The molecular weight excluding hydrogens is 302 g/mol. The lowest BCUT2D eigenvalue weighted by molar-refractivity contribution is 0.0842. The number of para-hydroxylation sites is 1. The predicted octanol–water partition coefficient (Wildman–Crippen LogP) is 2.82. The van der Waals surface area contributed by atoms with Crippen molar-refractivity contribution in [3.8, 4) is 5.75 Å². The Morgan fingerprint density at radius 3 is 2.59 bits per heavy atom. The van der Waals surface area contributed by atoms with E-state index in [1.807, 2.05) is 31.2 Å². The Hall–Kier alpha value is -2.04. The molecule has 1 amide bonds. The number of ether oxygens (including phenoxy) is 1. The minimum absolute atomic E-state index is 0.117. The van der Waals surface area contributed by atoms with Gasteiger partial charge in [-0.15, -0.1) is 0 Å². The first-order valence-electron chi connectivity index (χ1n) is 6.96. The topological polar surface area (TPSA) is 58.6 Å². The molecule has 0 aliphatic rings. The van der Waals surface area contributed by atoms with Gasteiger partial charge in [0.15, 0.2) is 0 Å². The van der Waals surface area contributed by atoms with Gasteiger partial charge in [0.1, 0.15) is 18.5 Å². The van der Waals surface area contributed by atoms with Crippen molar-refractivity contribution in [2.24, 2.45) is 0 Å². The zero-order valence-corrected chi connectivity index (χ0v) is 13.0. The van der Waals surface area contributed by atoms with Crippen molar-refractivity contribution in [1.29, 1.82) is 0 Å². The van der Waals surface area contributed by atoms with Gasteiger partial charge in [0.25, 0.3) is 5.91 Å². The lowest BCUT2D eigenvalue weighted by Crippen LogP contribution is -2.35. The molecule has 0 saturated heterocycles. The molecule has 2 N–H and O–H groups in total. The summed E-state index contributed by atoms with van der Waals surface area (Å²) in [5, 5.41) is 13.1. The first-order chi connectivity index (χ1) is 10.6. The number of carbonyl (C=O) groups is 1. The van der Waals surface area contributed by atoms with Crippen molar-refractivity contribution < 1.29 is 14.6 Å². The fourth-order valence-corrected chi connectivity index (χ4v) is 2.00. The van der Waals surface area contributed by atoms with Gasteiger partial charge in [0.05, 0.1) is 0 Å². The van der Waals surface area contributed by atoms with Crippen molar-refractivity contribution in [2.75, 3.05) is 13.2 Å². The number of hydrogen-bond acceptors (Lipinski definition) is 3. The zero-order chi connectivity index (χ0) is 15.9. The molecule has 0 saturated carbocycles. The Morgan fingerprint density at radius 1 is 1.23 bits per heavy atom. The molecule has 0 spiro atoms. The summed E-state index contributed by atoms with van der Waals surface area (Å²) in [6.07, 6.45) is -0.782. The number of carbonyl (C=O) groups excluding carboxylic acids is 1. The van der Waals surface area contributed by atoms with Crippen LogP contribution in [0, 0.1) is 6.92 Å². The van der Waals surface area contributed by atoms with Crippen LogP contribution in [0.5, 0.6) is 5.75 Å². The van der Waals surface area contributed by atoms with Crippen molar-refractivity contribution in [3.05, 3.63) is 64.7 Å². The van der Waals surface area contributed by atoms with Gasteiger partial charge in [-0.1, -0.05) is 29.8 Å². The molecule has 0 aliphatic carbocycles. The van der Waals surface area contributed by atoms with E-state index in [-0.39, 0.29) is 19.1 Å². The molecule has 116 valence electrons. The smallest absolute Gasteiger partial charge is 0.251 e. The fraction of sp³-hybridized carbons (Fsp3) is 0.235. The van der Waals surface area contributed by atoms with Crippen LogP contribution in [-0.2, 0) is 0 Å². The number of halogens is 1. The SMILES string of the molecule is Cc1ccccc1OCC(O)CNC(=O)c1ccc(Cl)cc1. The van der Waals surface area contributed by atoms with E-state index in [9.17, 15) is 9.90 Å². The summed E-state index contributed by atoms with van der Waals surface area (Å²) in [5.41, 5.74) is 1.50. The maximum absolute atomic E-state index is 11.9. The van der Waals surface area contributed by atoms with Crippen LogP contribution in [0.3, 0.4) is 0 Å². The number of amides is 1. The number of benzene rings is 2. The van der Waals surface area contributed by atoms with Crippen molar-refractivity contribution in [1.82, 2.24) is 5.32 Å². The van der Waals surface area contributed by atoms with Gasteiger partial charge >= 0.3 is 0 Å². The molecule has 0 bridgehead atoms. The quantitative estimate of drug-likeness (QED) is 0.860. The number of hydrogen-bond donors (Lipinski definition) is 2. The maximum Gasteiger partial charge on any atom is 0.251 e. The molecule has 2 aromatic rings. The number of nitrogens with one attached hydrogen (secondary N) is 1. The molecule has 0 radical (unpaired) electrons. The van der Waals surface area contributed by atoms with E-state index in [0.29, 0.717) is 10.6 Å². The highest BCUT2D eigenvalue weighted by atomic mass is 35.5. The van der Waals surface area contributed by atoms with Crippen LogP contribution in [0.25, 0.3) is 0 Å². The molecule has 0 aromatic heterocycles. The van der Waals surface area contributed by atoms with Gasteiger partial charge in [-0.25, -0.2) is 0 Å². The Labute approximate surface area is 134 Å².